The third-order valence-corrected chi connectivity index (χ3v) is 3.70. The molecule has 0 saturated heterocycles. The summed E-state index contributed by atoms with van der Waals surface area (Å²) in [5.41, 5.74) is -0.574. The van der Waals surface area contributed by atoms with E-state index in [1.807, 2.05) is 0 Å². The summed E-state index contributed by atoms with van der Waals surface area (Å²) in [4.78, 5) is 28.5. The first kappa shape index (κ1) is 15.3. The molecule has 2 heterocycles. The van der Waals surface area contributed by atoms with Crippen LogP contribution in [0.5, 0.6) is 0 Å². The van der Waals surface area contributed by atoms with Gasteiger partial charge in [-0.25, -0.2) is 4.39 Å². The molecule has 2 aromatic heterocycles. The summed E-state index contributed by atoms with van der Waals surface area (Å²) in [5.74, 6) is -1.60. The number of rotatable bonds is 3. The van der Waals surface area contributed by atoms with E-state index >= 15 is 0 Å². The fourth-order valence-electron chi connectivity index (χ4n) is 2.20. The van der Waals surface area contributed by atoms with E-state index in [0.29, 0.717) is 5.39 Å². The van der Waals surface area contributed by atoms with Crippen LogP contribution in [0.4, 0.5) is 4.39 Å². The van der Waals surface area contributed by atoms with Gasteiger partial charge in [-0.2, -0.15) is 0 Å². The third-order valence-electron chi connectivity index (χ3n) is 3.39. The molecule has 0 fully saturated rings. The molecule has 0 aliphatic heterocycles. The van der Waals surface area contributed by atoms with Crippen molar-refractivity contribution in [3.05, 3.63) is 75.5 Å². The molecule has 0 aliphatic carbocycles. The Morgan fingerprint density at radius 2 is 2.09 bits per heavy atom. The minimum Gasteiger partial charge on any atom is -0.366 e. The Kier molecular flexibility index (Phi) is 3.94. The molecular formula is C16H10ClFN2O3. The van der Waals surface area contributed by atoms with Crippen LogP contribution in [0.1, 0.15) is 16.6 Å². The largest absolute Gasteiger partial charge is 0.366 e. The van der Waals surface area contributed by atoms with Crippen LogP contribution in [0.15, 0.2) is 53.6 Å². The first-order valence-corrected chi connectivity index (χ1v) is 7.00. The van der Waals surface area contributed by atoms with Crippen LogP contribution in [0.2, 0.25) is 5.02 Å². The van der Waals surface area contributed by atoms with Crippen LogP contribution < -0.4 is 5.56 Å². The molecule has 0 aliphatic rings. The molecule has 0 spiro atoms. The monoisotopic (exact) mass is 332 g/mol. The normalized spacial score (nSPS) is 12.3. The molecule has 3 rings (SSSR count). The molecule has 1 atom stereocenters. The van der Waals surface area contributed by atoms with Gasteiger partial charge in [-0.05, 0) is 30.3 Å². The molecule has 7 heteroatoms. The Hall–Kier alpha value is -2.57. The van der Waals surface area contributed by atoms with Crippen LogP contribution in [-0.4, -0.2) is 20.4 Å². The van der Waals surface area contributed by atoms with Gasteiger partial charge in [0, 0.05) is 23.3 Å². The fourth-order valence-corrected chi connectivity index (χ4v) is 2.32. The summed E-state index contributed by atoms with van der Waals surface area (Å²) in [6.07, 6.45) is 0.951. The summed E-state index contributed by atoms with van der Waals surface area (Å²) < 4.78 is 14.3. The van der Waals surface area contributed by atoms with Crippen LogP contribution >= 0.6 is 11.6 Å². The van der Waals surface area contributed by atoms with E-state index in [4.69, 9.17) is 11.6 Å². The number of nitrogens with zero attached hydrogens (tertiary/aromatic N) is 2. The molecule has 0 radical (unpaired) electrons. The van der Waals surface area contributed by atoms with E-state index < -0.39 is 23.4 Å². The quantitative estimate of drug-likeness (QED) is 0.748. The van der Waals surface area contributed by atoms with E-state index in [1.165, 1.54) is 24.5 Å². The number of ketones is 1. The number of fused-ring (bicyclic) bond motifs is 1. The number of benzene rings is 1. The summed E-state index contributed by atoms with van der Waals surface area (Å²) in [6.45, 7) is 0. The highest BCUT2D eigenvalue weighted by molar-refractivity contribution is 6.30. The van der Waals surface area contributed by atoms with Gasteiger partial charge in [0.25, 0.3) is 5.56 Å². The van der Waals surface area contributed by atoms with Crippen molar-refractivity contribution in [2.75, 3.05) is 0 Å². The minimum absolute atomic E-state index is 0.0904. The van der Waals surface area contributed by atoms with Crippen molar-refractivity contribution in [1.29, 1.82) is 0 Å². The van der Waals surface area contributed by atoms with Gasteiger partial charge in [-0.15, -0.1) is 0 Å². The van der Waals surface area contributed by atoms with E-state index in [1.54, 1.807) is 18.2 Å². The summed E-state index contributed by atoms with van der Waals surface area (Å²) >= 11 is 5.56. The average molecular weight is 333 g/mol. The SMILES string of the molecule is O=C(c1ccc(Cl)c(F)c1)C(O)n1ccc2cccnc2c1=O. The van der Waals surface area contributed by atoms with E-state index in [0.717, 1.165) is 10.6 Å². The smallest absolute Gasteiger partial charge is 0.279 e. The Morgan fingerprint density at radius 3 is 2.83 bits per heavy atom. The molecule has 5 nitrogen and oxygen atoms in total. The number of aliphatic hydroxyl groups is 1. The van der Waals surface area contributed by atoms with E-state index in [-0.39, 0.29) is 16.1 Å². The zero-order valence-electron chi connectivity index (χ0n) is 11.6. The average Bonchev–Trinajstić information content (AvgIpc) is 2.57. The summed E-state index contributed by atoms with van der Waals surface area (Å²) in [6, 6.07) is 8.32. The Balaban J connectivity index is 2.04. The summed E-state index contributed by atoms with van der Waals surface area (Å²) in [5, 5.41) is 10.6. The van der Waals surface area contributed by atoms with Crippen LogP contribution in [0, 0.1) is 5.82 Å². The Labute approximate surface area is 134 Å². The van der Waals surface area contributed by atoms with Crippen LogP contribution in [0.3, 0.4) is 0 Å². The lowest BCUT2D eigenvalue weighted by Gasteiger charge is -2.13. The number of hydrogen-bond acceptors (Lipinski definition) is 4. The molecule has 0 saturated carbocycles. The van der Waals surface area contributed by atoms with Crippen molar-refractivity contribution in [1.82, 2.24) is 9.55 Å². The van der Waals surface area contributed by atoms with Gasteiger partial charge in [0.2, 0.25) is 5.78 Å². The van der Waals surface area contributed by atoms with Gasteiger partial charge in [0.15, 0.2) is 6.23 Å². The predicted octanol–water partition coefficient (Wildman–Crippen LogP) is 2.56. The van der Waals surface area contributed by atoms with Gasteiger partial charge in [0.05, 0.1) is 5.02 Å². The fraction of sp³-hybridized carbons (Fsp3) is 0.0625. The number of halogens is 2. The molecule has 0 bridgehead atoms. The van der Waals surface area contributed by atoms with Gasteiger partial charge in [-0.3, -0.25) is 19.1 Å². The van der Waals surface area contributed by atoms with Crippen LogP contribution in [-0.2, 0) is 0 Å². The van der Waals surface area contributed by atoms with E-state index in [2.05, 4.69) is 4.98 Å². The number of hydrogen-bond donors (Lipinski definition) is 1. The maximum atomic E-state index is 13.4. The van der Waals surface area contributed by atoms with Crippen molar-refractivity contribution in [3.63, 3.8) is 0 Å². The maximum Gasteiger partial charge on any atom is 0.279 e. The second-order valence-electron chi connectivity index (χ2n) is 4.84. The molecule has 1 N–H and O–H groups in total. The first-order valence-electron chi connectivity index (χ1n) is 6.62. The molecule has 1 unspecified atom stereocenters. The lowest BCUT2D eigenvalue weighted by Crippen LogP contribution is -2.30. The Bertz CT molecular complexity index is 971. The van der Waals surface area contributed by atoms with Crippen molar-refractivity contribution in [2.24, 2.45) is 0 Å². The number of carbonyl (C=O) groups excluding carboxylic acids is 1. The number of carbonyl (C=O) groups is 1. The highest BCUT2D eigenvalue weighted by Crippen LogP contribution is 2.19. The summed E-state index contributed by atoms with van der Waals surface area (Å²) in [7, 11) is 0. The zero-order chi connectivity index (χ0) is 16.6. The lowest BCUT2D eigenvalue weighted by molar-refractivity contribution is 0.0564. The number of pyridine rings is 2. The van der Waals surface area contributed by atoms with Crippen LogP contribution in [0.25, 0.3) is 10.9 Å². The number of aliphatic hydroxyl groups excluding tert-OH is 1. The molecule has 116 valence electrons. The zero-order valence-corrected chi connectivity index (χ0v) is 12.4. The minimum atomic E-state index is -1.78. The molecule has 0 amide bonds. The van der Waals surface area contributed by atoms with Crippen molar-refractivity contribution in [2.45, 2.75) is 6.23 Å². The lowest BCUT2D eigenvalue weighted by atomic mass is 10.1. The van der Waals surface area contributed by atoms with Gasteiger partial charge >= 0.3 is 0 Å². The standard InChI is InChI=1S/C16H10ClFN2O3/c17-11-4-3-10(8-12(11)18)14(21)16(23)20-7-5-9-2-1-6-19-13(9)15(20)22/h1-8,16,23H. The van der Waals surface area contributed by atoms with Gasteiger partial charge in [-0.1, -0.05) is 17.7 Å². The Morgan fingerprint density at radius 1 is 1.30 bits per heavy atom. The van der Waals surface area contributed by atoms with Crippen molar-refractivity contribution >= 4 is 28.3 Å². The maximum absolute atomic E-state index is 13.4. The third kappa shape index (κ3) is 2.74. The molecule has 23 heavy (non-hydrogen) atoms. The predicted molar refractivity (Wildman–Crippen MR) is 83.0 cm³/mol. The molecule has 1 aromatic carbocycles. The first-order chi connectivity index (χ1) is 11.0. The molecular weight excluding hydrogens is 323 g/mol. The van der Waals surface area contributed by atoms with E-state index in [9.17, 15) is 19.1 Å². The molecule has 3 aromatic rings. The van der Waals surface area contributed by atoms with Gasteiger partial charge < -0.3 is 5.11 Å². The van der Waals surface area contributed by atoms with Crippen molar-refractivity contribution in [3.8, 4) is 0 Å². The highest BCUT2D eigenvalue weighted by atomic mass is 35.5. The topological polar surface area (TPSA) is 72.2 Å². The second kappa shape index (κ2) is 5.91. The number of aromatic nitrogens is 2. The van der Waals surface area contributed by atoms with Crippen molar-refractivity contribution < 1.29 is 14.3 Å². The second-order valence-corrected chi connectivity index (χ2v) is 5.24. The number of Topliss-reactive ketones (excluding diaryl/α,β-unsaturated/α-hetero) is 1. The highest BCUT2D eigenvalue weighted by Gasteiger charge is 2.21. The van der Waals surface area contributed by atoms with Gasteiger partial charge in [0.1, 0.15) is 11.3 Å².